The average molecular weight is 550 g/mol. The Morgan fingerprint density at radius 3 is 2.59 bits per heavy atom. The Morgan fingerprint density at radius 1 is 0.976 bits per heavy atom. The Bertz CT molecular complexity index is 1550. The number of amides is 3. The predicted molar refractivity (Wildman–Crippen MR) is 164 cm³/mol. The van der Waals surface area contributed by atoms with Gasteiger partial charge >= 0.3 is 6.03 Å². The van der Waals surface area contributed by atoms with Gasteiger partial charge in [-0.05, 0) is 84.7 Å². The number of aryl methyl sites for hydroxylation is 1. The molecule has 2 atom stereocenters. The second-order valence-electron chi connectivity index (χ2n) is 11.5. The summed E-state index contributed by atoms with van der Waals surface area (Å²) in [5.74, 6) is -0.0171. The highest BCUT2D eigenvalue weighted by atomic mass is 16.2. The Labute approximate surface area is 241 Å². The molecule has 4 N–H and O–H groups in total. The van der Waals surface area contributed by atoms with E-state index in [4.69, 9.17) is 0 Å². The molecule has 0 saturated carbocycles. The third-order valence-corrected chi connectivity index (χ3v) is 8.94. The molecule has 1 aromatic heterocycles. The minimum atomic E-state index is -0.745. The van der Waals surface area contributed by atoms with Crippen molar-refractivity contribution in [3.63, 3.8) is 0 Å². The number of benzene rings is 3. The van der Waals surface area contributed by atoms with E-state index in [0.717, 1.165) is 54.5 Å². The summed E-state index contributed by atoms with van der Waals surface area (Å²) in [5, 5.41) is 10.7. The van der Waals surface area contributed by atoms with Gasteiger partial charge in [0, 0.05) is 48.3 Å². The van der Waals surface area contributed by atoms with E-state index in [0.29, 0.717) is 19.0 Å². The number of hydrogen-bond acceptors (Lipinski definition) is 3. The van der Waals surface area contributed by atoms with Crippen LogP contribution < -0.4 is 16.0 Å². The number of carbonyl (C=O) groups excluding carboxylic acids is 2. The van der Waals surface area contributed by atoms with Gasteiger partial charge < -0.3 is 25.8 Å². The number of urea groups is 1. The number of fused-ring (bicyclic) bond motifs is 2. The molecule has 1 saturated heterocycles. The highest BCUT2D eigenvalue weighted by molar-refractivity contribution is 5.98. The second-order valence-corrected chi connectivity index (χ2v) is 11.5. The quantitative estimate of drug-likeness (QED) is 0.244. The number of anilines is 1. The van der Waals surface area contributed by atoms with Gasteiger partial charge in [0.1, 0.15) is 6.04 Å². The molecule has 7 heteroatoms. The summed E-state index contributed by atoms with van der Waals surface area (Å²) in [7, 11) is 0. The maximum absolute atomic E-state index is 13.9. The lowest BCUT2D eigenvalue weighted by atomic mass is 9.87. The molecule has 3 amide bonds. The summed E-state index contributed by atoms with van der Waals surface area (Å²) < 4.78 is 0. The first-order valence-electron chi connectivity index (χ1n) is 14.8. The zero-order valence-corrected chi connectivity index (χ0v) is 23.9. The van der Waals surface area contributed by atoms with Crippen molar-refractivity contribution < 1.29 is 9.59 Å². The molecule has 1 fully saturated rings. The number of para-hydroxylation sites is 1. The van der Waals surface area contributed by atoms with Crippen molar-refractivity contribution in [2.24, 2.45) is 0 Å². The molecule has 2 aliphatic heterocycles. The van der Waals surface area contributed by atoms with Crippen LogP contribution in [0.5, 0.6) is 0 Å². The zero-order chi connectivity index (χ0) is 28.3. The minimum Gasteiger partial charge on any atom is -0.361 e. The maximum atomic E-state index is 13.9. The van der Waals surface area contributed by atoms with E-state index >= 15 is 0 Å². The first-order chi connectivity index (χ1) is 20.0. The van der Waals surface area contributed by atoms with Crippen LogP contribution in [-0.2, 0) is 17.8 Å². The molecule has 0 radical (unpaired) electrons. The van der Waals surface area contributed by atoms with E-state index in [1.807, 2.05) is 48.4 Å². The fourth-order valence-electron chi connectivity index (χ4n) is 6.51. The monoisotopic (exact) mass is 549 g/mol. The second kappa shape index (κ2) is 11.8. The van der Waals surface area contributed by atoms with Crippen LogP contribution in [0.3, 0.4) is 0 Å². The van der Waals surface area contributed by atoms with Crippen LogP contribution in [0.25, 0.3) is 10.9 Å². The zero-order valence-electron chi connectivity index (χ0n) is 23.9. The van der Waals surface area contributed by atoms with Gasteiger partial charge in [0.15, 0.2) is 0 Å². The van der Waals surface area contributed by atoms with Crippen molar-refractivity contribution in [3.8, 4) is 0 Å². The molecule has 4 aromatic rings. The van der Waals surface area contributed by atoms with Crippen LogP contribution in [0.1, 0.15) is 59.4 Å². The molecule has 3 aromatic carbocycles. The van der Waals surface area contributed by atoms with Crippen LogP contribution in [0.2, 0.25) is 0 Å². The number of aromatic amines is 1. The topological polar surface area (TPSA) is 89.3 Å². The smallest absolute Gasteiger partial charge is 0.318 e. The summed E-state index contributed by atoms with van der Waals surface area (Å²) in [6.07, 6.45) is 4.77. The molecule has 212 valence electrons. The number of likely N-dealkylation sites (tertiary alicyclic amines) is 1. The van der Waals surface area contributed by atoms with Gasteiger partial charge in [0.25, 0.3) is 0 Å². The predicted octanol–water partition coefficient (Wildman–Crippen LogP) is 5.82. The molecule has 7 nitrogen and oxygen atoms in total. The SMILES string of the molecule is Cc1ccccc1C1CCN(C(=O)NC(C(=O)Nc2ccc3c(c2)CNCC3)C(C)c2c[nH]c3ccccc23)CC1. The van der Waals surface area contributed by atoms with Gasteiger partial charge in [-0.25, -0.2) is 4.79 Å². The first-order valence-corrected chi connectivity index (χ1v) is 14.8. The Balaban J connectivity index is 1.20. The molecule has 6 rings (SSSR count). The van der Waals surface area contributed by atoms with Crippen molar-refractivity contribution in [1.82, 2.24) is 20.5 Å². The fourth-order valence-corrected chi connectivity index (χ4v) is 6.51. The summed E-state index contributed by atoms with van der Waals surface area (Å²) in [6, 6.07) is 21.8. The summed E-state index contributed by atoms with van der Waals surface area (Å²) >= 11 is 0. The van der Waals surface area contributed by atoms with Crippen molar-refractivity contribution in [2.45, 2.75) is 57.5 Å². The highest BCUT2D eigenvalue weighted by Gasteiger charge is 2.33. The van der Waals surface area contributed by atoms with Gasteiger partial charge in [0.05, 0.1) is 0 Å². The summed E-state index contributed by atoms with van der Waals surface area (Å²) in [6.45, 7) is 7.27. The van der Waals surface area contributed by atoms with Crippen LogP contribution in [0.15, 0.2) is 72.9 Å². The lowest BCUT2D eigenvalue weighted by Gasteiger charge is -2.34. The summed E-state index contributed by atoms with van der Waals surface area (Å²) in [4.78, 5) is 32.7. The van der Waals surface area contributed by atoms with E-state index in [1.165, 1.54) is 22.3 Å². The number of aromatic nitrogens is 1. The van der Waals surface area contributed by atoms with Crippen molar-refractivity contribution in [2.75, 3.05) is 25.0 Å². The third-order valence-electron chi connectivity index (χ3n) is 8.94. The largest absolute Gasteiger partial charge is 0.361 e. The Morgan fingerprint density at radius 2 is 1.76 bits per heavy atom. The lowest BCUT2D eigenvalue weighted by molar-refractivity contribution is -0.118. The fraction of sp³-hybridized carbons (Fsp3) is 0.353. The van der Waals surface area contributed by atoms with Gasteiger partial charge in [-0.1, -0.05) is 55.5 Å². The van der Waals surface area contributed by atoms with Gasteiger partial charge in [-0.3, -0.25) is 4.79 Å². The van der Waals surface area contributed by atoms with E-state index in [2.05, 4.69) is 64.3 Å². The van der Waals surface area contributed by atoms with Crippen molar-refractivity contribution in [1.29, 1.82) is 0 Å². The standard InChI is InChI=1S/C34H39N5O2/c1-22-7-3-4-8-28(22)25-14-17-39(18-15-25)34(41)38-32(23(2)30-21-36-31-10-6-5-9-29(30)31)33(40)37-27-12-11-24-13-16-35-20-26(24)19-27/h3-12,19,21,23,25,32,35-36H,13-18,20H2,1-2H3,(H,37,40)(H,38,41). The average Bonchev–Trinajstić information content (AvgIpc) is 3.44. The number of nitrogens with zero attached hydrogens (tertiary/aromatic N) is 1. The first kappa shape index (κ1) is 27.1. The number of piperidine rings is 1. The van der Waals surface area contributed by atoms with Gasteiger partial charge in [-0.15, -0.1) is 0 Å². The summed E-state index contributed by atoms with van der Waals surface area (Å²) in [5.41, 5.74) is 7.97. The molecule has 3 heterocycles. The molecule has 2 aliphatic rings. The Hall–Kier alpha value is -4.10. The van der Waals surface area contributed by atoms with E-state index in [9.17, 15) is 9.59 Å². The third kappa shape index (κ3) is 5.72. The molecular weight excluding hydrogens is 510 g/mol. The molecular formula is C34H39N5O2. The number of hydrogen-bond donors (Lipinski definition) is 4. The number of nitrogens with one attached hydrogen (secondary N) is 4. The molecule has 41 heavy (non-hydrogen) atoms. The van der Waals surface area contributed by atoms with Crippen LogP contribution in [-0.4, -0.2) is 47.5 Å². The molecule has 0 spiro atoms. The number of H-pyrrole nitrogens is 1. The van der Waals surface area contributed by atoms with E-state index in [1.54, 1.807) is 0 Å². The van der Waals surface area contributed by atoms with Crippen LogP contribution in [0.4, 0.5) is 10.5 Å². The number of rotatable bonds is 6. The molecule has 0 aliphatic carbocycles. The molecule has 2 unspecified atom stereocenters. The van der Waals surface area contributed by atoms with Crippen molar-refractivity contribution >= 4 is 28.5 Å². The van der Waals surface area contributed by atoms with Crippen LogP contribution in [0, 0.1) is 6.92 Å². The maximum Gasteiger partial charge on any atom is 0.318 e. The Kier molecular flexibility index (Phi) is 7.79. The lowest BCUT2D eigenvalue weighted by Crippen LogP contribution is -2.53. The van der Waals surface area contributed by atoms with Crippen molar-refractivity contribution in [3.05, 3.63) is 101 Å². The van der Waals surface area contributed by atoms with E-state index < -0.39 is 6.04 Å². The minimum absolute atomic E-state index is 0.185. The van der Waals surface area contributed by atoms with Crippen LogP contribution >= 0.6 is 0 Å². The number of carbonyl (C=O) groups is 2. The molecule has 0 bridgehead atoms. The van der Waals surface area contributed by atoms with Gasteiger partial charge in [-0.2, -0.15) is 0 Å². The normalized spacial score (nSPS) is 17.1. The van der Waals surface area contributed by atoms with E-state index in [-0.39, 0.29) is 17.9 Å². The highest BCUT2D eigenvalue weighted by Crippen LogP contribution is 2.31. The van der Waals surface area contributed by atoms with Gasteiger partial charge in [0.2, 0.25) is 5.91 Å².